The Morgan fingerprint density at radius 2 is 1.11 bits per heavy atom. The maximum atomic E-state index is 6.86. The molecule has 0 N–H and O–H groups in total. The van der Waals surface area contributed by atoms with E-state index in [1.807, 2.05) is 6.07 Å². The summed E-state index contributed by atoms with van der Waals surface area (Å²) in [4.78, 5) is 13.0. The average Bonchev–Trinajstić information content (AvgIpc) is 3.74. The number of anilines is 3. The third-order valence-corrected chi connectivity index (χ3v) is 11.5. The highest BCUT2D eigenvalue weighted by atomic mass is 16.3. The van der Waals surface area contributed by atoms with Crippen molar-refractivity contribution in [3.63, 3.8) is 0 Å². The summed E-state index contributed by atoms with van der Waals surface area (Å²) >= 11 is 0. The highest BCUT2D eigenvalue weighted by molar-refractivity contribution is 6.18. The molecular formula is C51H35N3O. The molecule has 0 spiro atoms. The van der Waals surface area contributed by atoms with Gasteiger partial charge in [-0.15, -0.1) is 0 Å². The van der Waals surface area contributed by atoms with E-state index < -0.39 is 0 Å². The molecule has 55 heavy (non-hydrogen) atoms. The molecule has 260 valence electrons. The van der Waals surface area contributed by atoms with Crippen molar-refractivity contribution in [2.75, 3.05) is 4.90 Å². The van der Waals surface area contributed by atoms with Crippen LogP contribution >= 0.6 is 0 Å². The van der Waals surface area contributed by atoms with Gasteiger partial charge in [-0.2, -0.15) is 0 Å². The minimum absolute atomic E-state index is 0.165. The summed E-state index contributed by atoms with van der Waals surface area (Å²) in [6.45, 7) is 4.64. The summed E-state index contributed by atoms with van der Waals surface area (Å²) in [7, 11) is 0. The lowest BCUT2D eigenvalue weighted by Gasteiger charge is -2.27. The molecule has 0 fully saturated rings. The number of furan rings is 1. The van der Waals surface area contributed by atoms with E-state index in [9.17, 15) is 0 Å². The molecule has 0 saturated heterocycles. The van der Waals surface area contributed by atoms with Crippen LogP contribution in [-0.2, 0) is 5.41 Å². The Morgan fingerprint density at radius 3 is 1.98 bits per heavy atom. The van der Waals surface area contributed by atoms with Gasteiger partial charge in [0.2, 0.25) is 5.95 Å². The zero-order chi connectivity index (χ0) is 36.7. The maximum Gasteiger partial charge on any atom is 0.235 e. The Hall–Kier alpha value is -7.04. The van der Waals surface area contributed by atoms with Crippen LogP contribution in [0, 0.1) is 0 Å². The van der Waals surface area contributed by atoms with Crippen molar-refractivity contribution in [2.24, 2.45) is 0 Å². The molecule has 11 rings (SSSR count). The van der Waals surface area contributed by atoms with E-state index in [2.05, 4.69) is 189 Å². The number of fused-ring (bicyclic) bond motifs is 9. The van der Waals surface area contributed by atoms with E-state index in [-0.39, 0.29) is 5.41 Å². The molecule has 8 aromatic carbocycles. The Balaban J connectivity index is 1.15. The standard InChI is InChI=1S/C51H35N3O/c1-51(2)44-21-10-8-17-38(44)39-30-28-36(31-45(39)51)54(35-26-23-33(24-27-35)32-13-4-3-5-14-32)50-52-46-22-11-9-18-42(46)47(53-50)43-20-12-19-40-41-29-25-34-15-6-7-16-37(34)48(41)55-49(40)43/h3-31H,1-2H3. The normalized spacial score (nSPS) is 13.1. The molecule has 0 atom stereocenters. The molecule has 2 aromatic heterocycles. The Labute approximate surface area is 319 Å². The molecule has 0 radical (unpaired) electrons. The van der Waals surface area contributed by atoms with Crippen molar-refractivity contribution in [3.05, 3.63) is 187 Å². The van der Waals surface area contributed by atoms with Gasteiger partial charge in [-0.05, 0) is 81.2 Å². The van der Waals surface area contributed by atoms with E-state index in [0.29, 0.717) is 5.95 Å². The van der Waals surface area contributed by atoms with Crippen molar-refractivity contribution in [3.8, 4) is 33.5 Å². The predicted octanol–water partition coefficient (Wildman–Crippen LogP) is 13.8. The monoisotopic (exact) mass is 705 g/mol. The number of para-hydroxylation sites is 2. The van der Waals surface area contributed by atoms with Crippen LogP contribution in [0.3, 0.4) is 0 Å². The topological polar surface area (TPSA) is 42.2 Å². The second-order valence-corrected chi connectivity index (χ2v) is 15.0. The van der Waals surface area contributed by atoms with Crippen molar-refractivity contribution in [2.45, 2.75) is 19.3 Å². The van der Waals surface area contributed by atoms with Crippen molar-refractivity contribution >= 4 is 60.9 Å². The van der Waals surface area contributed by atoms with Gasteiger partial charge in [0.25, 0.3) is 0 Å². The first-order valence-electron chi connectivity index (χ1n) is 18.8. The fourth-order valence-corrected chi connectivity index (χ4v) is 8.73. The van der Waals surface area contributed by atoms with Crippen LogP contribution in [-0.4, -0.2) is 9.97 Å². The highest BCUT2D eigenvalue weighted by Gasteiger charge is 2.36. The third-order valence-electron chi connectivity index (χ3n) is 11.5. The average molecular weight is 706 g/mol. The maximum absolute atomic E-state index is 6.86. The minimum Gasteiger partial charge on any atom is -0.455 e. The summed E-state index contributed by atoms with van der Waals surface area (Å²) in [6.07, 6.45) is 0. The van der Waals surface area contributed by atoms with Gasteiger partial charge < -0.3 is 4.42 Å². The summed E-state index contributed by atoms with van der Waals surface area (Å²) < 4.78 is 6.86. The van der Waals surface area contributed by atoms with Crippen molar-refractivity contribution in [1.82, 2.24) is 9.97 Å². The lowest BCUT2D eigenvalue weighted by Crippen LogP contribution is -2.17. The van der Waals surface area contributed by atoms with Gasteiger partial charge >= 0.3 is 0 Å². The lowest BCUT2D eigenvalue weighted by molar-refractivity contribution is 0.660. The Bertz CT molecular complexity index is 3120. The van der Waals surface area contributed by atoms with E-state index >= 15 is 0 Å². The summed E-state index contributed by atoms with van der Waals surface area (Å²) in [5.41, 5.74) is 13.7. The Kier molecular flexibility index (Phi) is 6.86. The molecule has 4 heteroatoms. The molecule has 0 aliphatic heterocycles. The van der Waals surface area contributed by atoms with Crippen LogP contribution in [0.5, 0.6) is 0 Å². The number of hydrogen-bond donors (Lipinski definition) is 0. The SMILES string of the molecule is CC1(C)c2ccccc2-c2ccc(N(c3ccc(-c4ccccc4)cc3)c3nc(-c4cccc5c4oc4c6ccccc6ccc54)c4ccccc4n3)cc21. The van der Waals surface area contributed by atoms with Gasteiger partial charge in [0.1, 0.15) is 11.2 Å². The van der Waals surface area contributed by atoms with Gasteiger partial charge in [-0.3, -0.25) is 4.90 Å². The molecule has 0 saturated carbocycles. The number of hydrogen-bond acceptors (Lipinski definition) is 4. The number of aromatic nitrogens is 2. The number of nitrogens with zero attached hydrogens (tertiary/aromatic N) is 3. The Morgan fingerprint density at radius 1 is 0.455 bits per heavy atom. The van der Waals surface area contributed by atoms with Crippen molar-refractivity contribution in [1.29, 1.82) is 0 Å². The molecule has 0 amide bonds. The van der Waals surface area contributed by atoms with E-state index in [1.165, 1.54) is 27.8 Å². The molecule has 10 aromatic rings. The molecule has 1 aliphatic rings. The molecule has 2 heterocycles. The summed E-state index contributed by atoms with van der Waals surface area (Å²) in [5, 5.41) is 5.38. The fourth-order valence-electron chi connectivity index (χ4n) is 8.73. The molecular weight excluding hydrogens is 671 g/mol. The second-order valence-electron chi connectivity index (χ2n) is 15.0. The van der Waals surface area contributed by atoms with Crippen molar-refractivity contribution < 1.29 is 4.42 Å². The minimum atomic E-state index is -0.165. The zero-order valence-electron chi connectivity index (χ0n) is 30.5. The first-order valence-corrected chi connectivity index (χ1v) is 18.8. The second kappa shape index (κ2) is 12.0. The van der Waals surface area contributed by atoms with Gasteiger partial charge in [0, 0.05) is 43.9 Å². The van der Waals surface area contributed by atoms with Gasteiger partial charge in [-0.1, -0.05) is 147 Å². The lowest BCUT2D eigenvalue weighted by atomic mass is 9.82. The molecule has 0 bridgehead atoms. The third kappa shape index (κ3) is 4.85. The fraction of sp³-hybridized carbons (Fsp3) is 0.0588. The van der Waals surface area contributed by atoms with Crippen LogP contribution < -0.4 is 4.90 Å². The molecule has 4 nitrogen and oxygen atoms in total. The first-order chi connectivity index (χ1) is 27.0. The van der Waals surface area contributed by atoms with Crippen LogP contribution in [0.1, 0.15) is 25.0 Å². The quantitative estimate of drug-likeness (QED) is 0.179. The summed E-state index contributed by atoms with van der Waals surface area (Å²) in [6, 6.07) is 62.3. The smallest absolute Gasteiger partial charge is 0.235 e. The molecule has 0 unspecified atom stereocenters. The van der Waals surface area contributed by atoms with Gasteiger partial charge in [0.15, 0.2) is 0 Å². The zero-order valence-corrected chi connectivity index (χ0v) is 30.5. The number of rotatable bonds is 5. The van der Waals surface area contributed by atoms with Crippen LogP contribution in [0.15, 0.2) is 180 Å². The van der Waals surface area contributed by atoms with Crippen LogP contribution in [0.2, 0.25) is 0 Å². The largest absolute Gasteiger partial charge is 0.455 e. The van der Waals surface area contributed by atoms with E-state index in [0.717, 1.165) is 71.8 Å². The number of benzene rings is 8. The molecule has 1 aliphatic carbocycles. The predicted molar refractivity (Wildman–Crippen MR) is 227 cm³/mol. The van der Waals surface area contributed by atoms with Crippen LogP contribution in [0.25, 0.3) is 77.1 Å². The van der Waals surface area contributed by atoms with E-state index in [1.54, 1.807) is 0 Å². The van der Waals surface area contributed by atoms with Gasteiger partial charge in [0.05, 0.1) is 11.2 Å². The highest BCUT2D eigenvalue weighted by Crippen LogP contribution is 2.51. The van der Waals surface area contributed by atoms with Gasteiger partial charge in [-0.25, -0.2) is 9.97 Å². The summed E-state index contributed by atoms with van der Waals surface area (Å²) in [5.74, 6) is 0.591. The van der Waals surface area contributed by atoms with Crippen LogP contribution in [0.4, 0.5) is 17.3 Å². The van der Waals surface area contributed by atoms with E-state index in [4.69, 9.17) is 14.4 Å². The first kappa shape index (κ1) is 31.5.